The average molecular weight is 316 g/mol. The highest BCUT2D eigenvalue weighted by Crippen LogP contribution is 2.19. The van der Waals surface area contributed by atoms with E-state index in [2.05, 4.69) is 4.72 Å². The van der Waals surface area contributed by atoms with E-state index in [1.807, 2.05) is 13.8 Å². The van der Waals surface area contributed by atoms with Gasteiger partial charge in [0.25, 0.3) is 0 Å². The Balaban J connectivity index is 2.51. The first-order chi connectivity index (χ1) is 9.85. The molecule has 0 fully saturated rings. The van der Waals surface area contributed by atoms with Gasteiger partial charge in [-0.05, 0) is 24.5 Å². The molecular weight excluding hydrogens is 292 g/mol. The van der Waals surface area contributed by atoms with Gasteiger partial charge in [-0.3, -0.25) is 0 Å². The monoisotopic (exact) mass is 316 g/mol. The van der Waals surface area contributed by atoms with Gasteiger partial charge in [0.15, 0.2) is 0 Å². The molecule has 0 radical (unpaired) electrons. The number of nitrogen functional groups attached to an aromatic ring is 1. The molecule has 0 bridgehead atoms. The maximum Gasteiger partial charge on any atom is 0.215 e. The molecule has 1 aromatic rings. The van der Waals surface area contributed by atoms with Crippen molar-refractivity contribution in [3.05, 3.63) is 24.3 Å². The van der Waals surface area contributed by atoms with Gasteiger partial charge in [0, 0.05) is 12.6 Å². The molecule has 0 spiro atoms. The Morgan fingerprint density at radius 1 is 1.33 bits per heavy atom. The van der Waals surface area contributed by atoms with Crippen LogP contribution in [0.2, 0.25) is 0 Å². The van der Waals surface area contributed by atoms with Crippen molar-refractivity contribution in [2.45, 2.75) is 26.3 Å². The number of aliphatic hydroxyl groups excluding tert-OH is 1. The highest BCUT2D eigenvalue weighted by molar-refractivity contribution is 7.89. The number of nitrogens with one attached hydrogen (secondary N) is 1. The SMILES string of the molecule is CC(C)C(CCO)NS(=O)(=O)CCOc1ccccc1N. The van der Waals surface area contributed by atoms with Gasteiger partial charge in [-0.15, -0.1) is 0 Å². The minimum absolute atomic E-state index is 0.0213. The average Bonchev–Trinajstić information content (AvgIpc) is 2.40. The third-order valence-electron chi connectivity index (χ3n) is 3.10. The maximum atomic E-state index is 12.0. The van der Waals surface area contributed by atoms with Crippen LogP contribution in [0.25, 0.3) is 0 Å². The van der Waals surface area contributed by atoms with E-state index in [4.69, 9.17) is 15.6 Å². The van der Waals surface area contributed by atoms with Crippen LogP contribution in [0.15, 0.2) is 24.3 Å². The number of sulfonamides is 1. The van der Waals surface area contributed by atoms with Crippen molar-refractivity contribution in [2.75, 3.05) is 24.7 Å². The second-order valence-electron chi connectivity index (χ2n) is 5.19. The molecule has 21 heavy (non-hydrogen) atoms. The zero-order valence-corrected chi connectivity index (χ0v) is 13.3. The summed E-state index contributed by atoms with van der Waals surface area (Å²) in [6, 6.07) is 6.66. The largest absolute Gasteiger partial charge is 0.490 e. The number of rotatable bonds is 9. The highest BCUT2D eigenvalue weighted by Gasteiger charge is 2.20. The van der Waals surface area contributed by atoms with Crippen LogP contribution in [-0.4, -0.2) is 38.5 Å². The van der Waals surface area contributed by atoms with Crippen molar-refractivity contribution in [1.82, 2.24) is 4.72 Å². The predicted molar refractivity (Wildman–Crippen MR) is 83.6 cm³/mol. The van der Waals surface area contributed by atoms with E-state index in [9.17, 15) is 8.42 Å². The van der Waals surface area contributed by atoms with Crippen LogP contribution in [0.1, 0.15) is 20.3 Å². The molecule has 0 aromatic heterocycles. The van der Waals surface area contributed by atoms with E-state index in [1.165, 1.54) is 0 Å². The highest BCUT2D eigenvalue weighted by atomic mass is 32.2. The minimum Gasteiger partial charge on any atom is -0.490 e. The lowest BCUT2D eigenvalue weighted by Gasteiger charge is -2.21. The molecule has 0 saturated heterocycles. The maximum absolute atomic E-state index is 12.0. The van der Waals surface area contributed by atoms with Crippen LogP contribution in [0.4, 0.5) is 5.69 Å². The number of para-hydroxylation sites is 2. The second-order valence-corrected chi connectivity index (χ2v) is 7.06. The Morgan fingerprint density at radius 2 is 2.00 bits per heavy atom. The molecule has 0 heterocycles. The molecule has 7 heteroatoms. The summed E-state index contributed by atoms with van der Waals surface area (Å²) in [5.74, 6) is 0.428. The fraction of sp³-hybridized carbons (Fsp3) is 0.571. The van der Waals surface area contributed by atoms with Crippen LogP contribution < -0.4 is 15.2 Å². The second kappa shape index (κ2) is 8.21. The Bertz CT molecular complexity index is 532. The molecule has 0 saturated carbocycles. The van der Waals surface area contributed by atoms with E-state index >= 15 is 0 Å². The molecule has 1 rings (SSSR count). The molecule has 120 valence electrons. The summed E-state index contributed by atoms with van der Waals surface area (Å²) < 4.78 is 32.0. The van der Waals surface area contributed by atoms with Gasteiger partial charge >= 0.3 is 0 Å². The molecule has 0 aliphatic heterocycles. The molecule has 1 aromatic carbocycles. The fourth-order valence-electron chi connectivity index (χ4n) is 1.83. The molecule has 0 amide bonds. The summed E-state index contributed by atoms with van der Waals surface area (Å²) in [7, 11) is -3.46. The quantitative estimate of drug-likeness (QED) is 0.589. The molecule has 0 aliphatic rings. The molecule has 4 N–H and O–H groups in total. The van der Waals surface area contributed by atoms with Crippen LogP contribution in [0.3, 0.4) is 0 Å². The standard InChI is InChI=1S/C14H24N2O4S/c1-11(2)13(7-8-17)16-21(18,19)10-9-20-14-6-4-3-5-12(14)15/h3-6,11,13,16-17H,7-10,15H2,1-2H3. The molecule has 0 aliphatic carbocycles. The predicted octanol–water partition coefficient (Wildman–Crippen LogP) is 0.974. The summed E-state index contributed by atoms with van der Waals surface area (Å²) in [5, 5.41) is 8.96. The lowest BCUT2D eigenvalue weighted by atomic mass is 10.0. The smallest absolute Gasteiger partial charge is 0.215 e. The number of hydrogen-bond donors (Lipinski definition) is 3. The van der Waals surface area contributed by atoms with Crippen molar-refractivity contribution in [1.29, 1.82) is 0 Å². The number of nitrogens with two attached hydrogens (primary N) is 1. The topological polar surface area (TPSA) is 102 Å². The van der Waals surface area contributed by atoms with Crippen LogP contribution >= 0.6 is 0 Å². The van der Waals surface area contributed by atoms with Crippen LogP contribution in [0.5, 0.6) is 5.75 Å². The number of ether oxygens (including phenoxy) is 1. The molecule has 1 unspecified atom stereocenters. The fourth-order valence-corrected chi connectivity index (χ4v) is 3.10. The molecule has 6 nitrogen and oxygen atoms in total. The zero-order chi connectivity index (χ0) is 15.9. The molecular formula is C14H24N2O4S. The first kappa shape index (κ1) is 17.7. The van der Waals surface area contributed by atoms with Gasteiger partial charge in [-0.25, -0.2) is 13.1 Å². The first-order valence-corrected chi connectivity index (χ1v) is 8.59. The van der Waals surface area contributed by atoms with Gasteiger partial charge in [-0.1, -0.05) is 26.0 Å². The Morgan fingerprint density at radius 3 is 2.57 bits per heavy atom. The summed E-state index contributed by atoms with van der Waals surface area (Å²) in [6.07, 6.45) is 0.392. The van der Waals surface area contributed by atoms with E-state index in [0.717, 1.165) is 0 Å². The van der Waals surface area contributed by atoms with Crippen molar-refractivity contribution >= 4 is 15.7 Å². The van der Waals surface area contributed by atoms with E-state index in [0.29, 0.717) is 17.9 Å². The number of hydrogen-bond acceptors (Lipinski definition) is 5. The third kappa shape index (κ3) is 6.33. The summed E-state index contributed by atoms with van der Waals surface area (Å²) in [4.78, 5) is 0. The summed E-state index contributed by atoms with van der Waals surface area (Å²) >= 11 is 0. The van der Waals surface area contributed by atoms with Crippen molar-refractivity contribution < 1.29 is 18.3 Å². The van der Waals surface area contributed by atoms with Gasteiger partial charge in [0.05, 0.1) is 11.4 Å². The van der Waals surface area contributed by atoms with Crippen molar-refractivity contribution in [2.24, 2.45) is 5.92 Å². The van der Waals surface area contributed by atoms with Gasteiger partial charge in [0.1, 0.15) is 12.4 Å². The lowest BCUT2D eigenvalue weighted by molar-refractivity contribution is 0.255. The number of anilines is 1. The van der Waals surface area contributed by atoms with Crippen molar-refractivity contribution in [3.63, 3.8) is 0 Å². The number of benzene rings is 1. The minimum atomic E-state index is -3.46. The van der Waals surface area contributed by atoms with Crippen molar-refractivity contribution in [3.8, 4) is 5.75 Å². The summed E-state index contributed by atoms with van der Waals surface area (Å²) in [6.45, 7) is 3.78. The van der Waals surface area contributed by atoms with Gasteiger partial charge in [0.2, 0.25) is 10.0 Å². The zero-order valence-electron chi connectivity index (χ0n) is 12.5. The van der Waals surface area contributed by atoms with Crippen LogP contribution in [0, 0.1) is 5.92 Å². The van der Waals surface area contributed by atoms with Crippen LogP contribution in [-0.2, 0) is 10.0 Å². The Hall–Kier alpha value is -1.31. The van der Waals surface area contributed by atoms with E-state index in [-0.39, 0.29) is 30.9 Å². The normalized spacial score (nSPS) is 13.3. The Kier molecular flexibility index (Phi) is 6.94. The Labute approximate surface area is 126 Å². The van der Waals surface area contributed by atoms with Gasteiger partial charge in [-0.2, -0.15) is 0 Å². The third-order valence-corrected chi connectivity index (χ3v) is 4.47. The molecule has 1 atom stereocenters. The van der Waals surface area contributed by atoms with Gasteiger partial charge < -0.3 is 15.6 Å². The summed E-state index contributed by atoms with van der Waals surface area (Å²) in [5.41, 5.74) is 6.19. The van der Waals surface area contributed by atoms with E-state index in [1.54, 1.807) is 24.3 Å². The van der Waals surface area contributed by atoms with E-state index < -0.39 is 10.0 Å². The lowest BCUT2D eigenvalue weighted by Crippen LogP contribution is -2.41. The first-order valence-electron chi connectivity index (χ1n) is 6.94. The number of aliphatic hydroxyl groups is 1.